The van der Waals surface area contributed by atoms with Gasteiger partial charge in [0.25, 0.3) is 0 Å². The average Bonchev–Trinajstić information content (AvgIpc) is 1.86. The van der Waals surface area contributed by atoms with Crippen molar-refractivity contribution in [3.8, 4) is 0 Å². The molecule has 1 heterocycles. The van der Waals surface area contributed by atoms with Crippen LogP contribution in [0.1, 0.15) is 0 Å². The van der Waals surface area contributed by atoms with Crippen molar-refractivity contribution >= 4 is 15.9 Å². The minimum Gasteiger partial charge on any atom is -0.339 e. The molecule has 0 aromatic carbocycles. The summed E-state index contributed by atoms with van der Waals surface area (Å²) in [5, 5.41) is 0. The van der Waals surface area contributed by atoms with E-state index in [1.54, 1.807) is 12.4 Å². The van der Waals surface area contributed by atoms with Gasteiger partial charge in [0.2, 0.25) is 0 Å². The third-order valence-corrected chi connectivity index (χ3v) is 0.899. The summed E-state index contributed by atoms with van der Waals surface area (Å²) < 4.78 is 0.780. The van der Waals surface area contributed by atoms with Crippen LogP contribution in [0, 0.1) is 0 Å². The second kappa shape index (κ2) is 3.33. The van der Waals surface area contributed by atoms with Crippen molar-refractivity contribution in [1.29, 1.82) is 0 Å². The van der Waals surface area contributed by atoms with Crippen LogP contribution in [0.25, 0.3) is 0 Å². The molecule has 1 N–H and O–H groups in total. The van der Waals surface area contributed by atoms with E-state index in [1.807, 2.05) is 0 Å². The van der Waals surface area contributed by atoms with Crippen molar-refractivity contribution < 1.29 is 19.5 Å². The molecule has 7 heavy (non-hydrogen) atoms. The van der Waals surface area contributed by atoms with E-state index in [4.69, 9.17) is 0 Å². The summed E-state index contributed by atoms with van der Waals surface area (Å²) in [6, 6.07) is 0. The van der Waals surface area contributed by atoms with Crippen molar-refractivity contribution in [2.75, 3.05) is 0 Å². The van der Waals surface area contributed by atoms with E-state index in [1.165, 1.54) is 0 Å². The molecule has 0 fully saturated rings. The van der Waals surface area contributed by atoms with Crippen LogP contribution in [0.3, 0.4) is 0 Å². The number of hydrogen-bond donors (Lipinski definition) is 1. The fraction of sp³-hybridized carbons (Fsp3) is 0. The van der Waals surface area contributed by atoms with Crippen molar-refractivity contribution in [2.24, 2.45) is 0 Å². The molecule has 34 valence electrons. The number of aromatic amines is 1. The fourth-order valence-corrected chi connectivity index (χ4v) is 0.496. The zero-order valence-electron chi connectivity index (χ0n) is 3.69. The maximum atomic E-state index is 3.78. The molecule has 0 aliphatic rings. The smallest absolute Gasteiger partial charge is 0.174 e. The first-order chi connectivity index (χ1) is 2.89. The Kier molecular flexibility index (Phi) is 3.48. The third-order valence-electron chi connectivity index (χ3n) is 0.465. The number of rotatable bonds is 0. The van der Waals surface area contributed by atoms with Gasteiger partial charge in [0.1, 0.15) is 0 Å². The maximum Gasteiger partial charge on any atom is 0.174 e. The zero-order valence-corrected chi connectivity index (χ0v) is 8.24. The van der Waals surface area contributed by atoms with Crippen LogP contribution in [0.15, 0.2) is 17.1 Å². The number of aromatic nitrogens is 2. The quantitative estimate of drug-likeness (QED) is 0.643. The predicted octanol–water partition coefficient (Wildman–Crippen LogP) is 1.17. The molecule has 0 aliphatic heterocycles. The first-order valence-electron chi connectivity index (χ1n) is 1.54. The van der Waals surface area contributed by atoms with Crippen LogP contribution in [-0.4, -0.2) is 9.97 Å². The van der Waals surface area contributed by atoms with Crippen LogP contribution >= 0.6 is 15.9 Å². The summed E-state index contributed by atoms with van der Waals surface area (Å²) in [5.74, 6) is 0. The molecule has 0 radical (unpaired) electrons. The average molecular weight is 212 g/mol. The number of imidazole rings is 1. The number of nitrogens with one attached hydrogen (secondary N) is 1. The number of nitrogens with zero attached hydrogens (tertiary/aromatic N) is 1. The Hall–Kier alpha value is 0.313. The van der Waals surface area contributed by atoms with Gasteiger partial charge in [0.15, 0.2) is 4.73 Å². The predicted molar refractivity (Wildman–Crippen MR) is 26.3 cm³/mol. The number of hydrogen-bond acceptors (Lipinski definition) is 1. The molecule has 0 aliphatic carbocycles. The van der Waals surface area contributed by atoms with Crippen LogP contribution in [0.5, 0.6) is 0 Å². The molecular formula is C3H3BrN2Zn. The van der Waals surface area contributed by atoms with Gasteiger partial charge in [-0.2, -0.15) is 0 Å². The summed E-state index contributed by atoms with van der Waals surface area (Å²) in [5.41, 5.74) is 0. The Morgan fingerprint density at radius 2 is 2.43 bits per heavy atom. The maximum absolute atomic E-state index is 3.78. The minimum atomic E-state index is 0. The molecule has 2 nitrogen and oxygen atoms in total. The molecule has 4 heteroatoms. The van der Waals surface area contributed by atoms with E-state index >= 15 is 0 Å². The van der Waals surface area contributed by atoms with E-state index in [-0.39, 0.29) is 19.5 Å². The topological polar surface area (TPSA) is 28.7 Å². The van der Waals surface area contributed by atoms with E-state index in [0.29, 0.717) is 0 Å². The van der Waals surface area contributed by atoms with Crippen LogP contribution in [0.2, 0.25) is 0 Å². The molecule has 0 saturated carbocycles. The Balaban J connectivity index is 0.000000360. The van der Waals surface area contributed by atoms with E-state index in [2.05, 4.69) is 25.9 Å². The summed E-state index contributed by atoms with van der Waals surface area (Å²) in [6.07, 6.45) is 3.44. The summed E-state index contributed by atoms with van der Waals surface area (Å²) in [7, 11) is 0. The molecule has 0 unspecified atom stereocenters. The molecular weight excluding hydrogens is 209 g/mol. The van der Waals surface area contributed by atoms with Crippen molar-refractivity contribution in [3.63, 3.8) is 0 Å². The van der Waals surface area contributed by atoms with Crippen LogP contribution in [-0.2, 0) is 19.5 Å². The van der Waals surface area contributed by atoms with E-state index in [0.717, 1.165) is 4.73 Å². The molecule has 0 bridgehead atoms. The second-order valence-corrected chi connectivity index (χ2v) is 1.63. The van der Waals surface area contributed by atoms with Gasteiger partial charge in [-0.15, -0.1) is 0 Å². The van der Waals surface area contributed by atoms with Gasteiger partial charge in [-0.3, -0.25) is 0 Å². The van der Waals surface area contributed by atoms with E-state index < -0.39 is 0 Å². The van der Waals surface area contributed by atoms with Crippen molar-refractivity contribution in [3.05, 3.63) is 17.1 Å². The third kappa shape index (κ3) is 2.20. The van der Waals surface area contributed by atoms with Gasteiger partial charge in [0.05, 0.1) is 0 Å². The number of halogens is 1. The van der Waals surface area contributed by atoms with Crippen molar-refractivity contribution in [2.45, 2.75) is 0 Å². The number of H-pyrrole nitrogens is 1. The minimum absolute atomic E-state index is 0. The largest absolute Gasteiger partial charge is 0.339 e. The summed E-state index contributed by atoms with van der Waals surface area (Å²) in [4.78, 5) is 6.58. The SMILES string of the molecule is Brc1ncc[nH]1.[Zn]. The second-order valence-electron chi connectivity index (χ2n) is 0.880. The normalized spacial score (nSPS) is 7.57. The van der Waals surface area contributed by atoms with Gasteiger partial charge in [-0.05, 0) is 15.9 Å². The summed E-state index contributed by atoms with van der Waals surface area (Å²) in [6.45, 7) is 0. The summed E-state index contributed by atoms with van der Waals surface area (Å²) >= 11 is 3.11. The molecule has 1 aromatic heterocycles. The van der Waals surface area contributed by atoms with Gasteiger partial charge in [-0.1, -0.05) is 0 Å². The van der Waals surface area contributed by atoms with Crippen molar-refractivity contribution in [1.82, 2.24) is 9.97 Å². The van der Waals surface area contributed by atoms with Gasteiger partial charge < -0.3 is 4.98 Å². The van der Waals surface area contributed by atoms with Gasteiger partial charge >= 0.3 is 0 Å². The Morgan fingerprint density at radius 3 is 2.57 bits per heavy atom. The Morgan fingerprint density at radius 1 is 1.71 bits per heavy atom. The molecule has 0 spiro atoms. The molecule has 0 atom stereocenters. The van der Waals surface area contributed by atoms with E-state index in [9.17, 15) is 0 Å². The molecule has 1 aromatic rings. The Bertz CT molecular complexity index is 116. The zero-order chi connectivity index (χ0) is 4.41. The first-order valence-corrected chi connectivity index (χ1v) is 2.34. The molecule has 0 saturated heterocycles. The van der Waals surface area contributed by atoms with Gasteiger partial charge in [-0.25, -0.2) is 4.98 Å². The monoisotopic (exact) mass is 210 g/mol. The first kappa shape index (κ1) is 7.31. The Labute approximate surface area is 62.6 Å². The fourth-order valence-electron chi connectivity index (χ4n) is 0.246. The molecule has 1 rings (SSSR count). The molecule has 0 amide bonds. The standard InChI is InChI=1S/C3H3BrN2.Zn/c4-3-5-1-2-6-3;/h1-2H,(H,5,6);. The van der Waals surface area contributed by atoms with Crippen LogP contribution in [0.4, 0.5) is 0 Å². The van der Waals surface area contributed by atoms with Gasteiger partial charge in [0, 0.05) is 31.9 Å². The van der Waals surface area contributed by atoms with Crippen LogP contribution < -0.4 is 0 Å².